The molecule has 0 aliphatic carbocycles. The van der Waals surface area contributed by atoms with Gasteiger partial charge in [0, 0.05) is 5.56 Å². The maximum absolute atomic E-state index is 13.7. The predicted octanol–water partition coefficient (Wildman–Crippen LogP) is 3.13. The highest BCUT2D eigenvalue weighted by Gasteiger charge is 2.38. The Hall–Kier alpha value is -4.01. The van der Waals surface area contributed by atoms with Gasteiger partial charge >= 0.3 is 5.97 Å². The molecule has 1 aromatic heterocycles. The molecule has 1 aliphatic rings. The molecule has 4 rings (SSSR count). The van der Waals surface area contributed by atoms with Gasteiger partial charge in [0.1, 0.15) is 17.5 Å². The number of ether oxygens (including phenoxy) is 2. The van der Waals surface area contributed by atoms with Crippen LogP contribution in [-0.2, 0) is 9.53 Å². The van der Waals surface area contributed by atoms with Crippen LogP contribution in [0.25, 0.3) is 0 Å². The van der Waals surface area contributed by atoms with Crippen molar-refractivity contribution in [2.45, 2.75) is 25.8 Å². The van der Waals surface area contributed by atoms with Crippen molar-refractivity contribution in [2.24, 2.45) is 0 Å². The number of nitrogens with zero attached hydrogens (tertiary/aromatic N) is 4. The van der Waals surface area contributed by atoms with E-state index in [4.69, 9.17) is 9.47 Å². The molecule has 1 atom stereocenters. The first kappa shape index (κ1) is 21.2. The third kappa shape index (κ3) is 3.73. The maximum atomic E-state index is 13.7. The molecule has 0 saturated carbocycles. The van der Waals surface area contributed by atoms with Crippen LogP contribution in [0.5, 0.6) is 5.75 Å². The molecule has 164 valence electrons. The molecule has 0 amide bonds. The monoisotopic (exact) mass is 433 g/mol. The van der Waals surface area contributed by atoms with Crippen LogP contribution in [0.15, 0.2) is 59.8 Å². The first-order valence-corrected chi connectivity index (χ1v) is 10.1. The molecule has 3 aromatic rings. The Morgan fingerprint density at radius 2 is 1.84 bits per heavy atom. The van der Waals surface area contributed by atoms with E-state index in [1.54, 1.807) is 24.3 Å². The van der Waals surface area contributed by atoms with Crippen LogP contribution >= 0.6 is 0 Å². The summed E-state index contributed by atoms with van der Waals surface area (Å²) in [5, 5.41) is 14.6. The number of tetrazole rings is 1. The summed E-state index contributed by atoms with van der Waals surface area (Å²) in [5.74, 6) is 0.0659. The molecule has 2 heterocycles. The van der Waals surface area contributed by atoms with Crippen molar-refractivity contribution in [1.29, 1.82) is 0 Å². The van der Waals surface area contributed by atoms with E-state index in [0.717, 1.165) is 11.1 Å². The molecule has 32 heavy (non-hydrogen) atoms. The number of fused-ring (bicyclic) bond motifs is 1. The Labute approximate surface area is 185 Å². The largest absolute Gasteiger partial charge is 0.497 e. The van der Waals surface area contributed by atoms with Gasteiger partial charge in [0.15, 0.2) is 5.78 Å². The lowest BCUT2D eigenvalue weighted by molar-refractivity contribution is -0.136. The maximum Gasteiger partial charge on any atom is 0.355 e. The number of carbonyl (C=O) groups is 2. The Bertz CT molecular complexity index is 1200. The summed E-state index contributed by atoms with van der Waals surface area (Å²) < 4.78 is 11.7. The van der Waals surface area contributed by atoms with Crippen molar-refractivity contribution >= 4 is 17.7 Å². The van der Waals surface area contributed by atoms with E-state index >= 15 is 0 Å². The Kier molecular flexibility index (Phi) is 5.72. The van der Waals surface area contributed by atoms with Gasteiger partial charge in [-0.15, -0.1) is 0 Å². The Balaban J connectivity index is 1.91. The Morgan fingerprint density at radius 3 is 2.50 bits per heavy atom. The summed E-state index contributed by atoms with van der Waals surface area (Å²) in [5.41, 5.74) is 2.46. The molecular weight excluding hydrogens is 410 g/mol. The fraction of sp³-hybridized carbons (Fsp3) is 0.261. The van der Waals surface area contributed by atoms with E-state index in [0.29, 0.717) is 17.2 Å². The smallest absolute Gasteiger partial charge is 0.355 e. The van der Waals surface area contributed by atoms with Gasteiger partial charge in [-0.25, -0.2) is 4.79 Å². The van der Waals surface area contributed by atoms with E-state index < -0.39 is 12.0 Å². The van der Waals surface area contributed by atoms with Gasteiger partial charge in [0.2, 0.25) is 5.95 Å². The minimum Gasteiger partial charge on any atom is -0.497 e. The molecule has 1 N–H and O–H groups in total. The van der Waals surface area contributed by atoms with Gasteiger partial charge in [0.25, 0.3) is 0 Å². The van der Waals surface area contributed by atoms with Gasteiger partial charge in [-0.1, -0.05) is 55.3 Å². The number of ketones is 1. The van der Waals surface area contributed by atoms with Crippen molar-refractivity contribution in [3.05, 3.63) is 76.5 Å². The van der Waals surface area contributed by atoms with Crippen LogP contribution in [0.2, 0.25) is 0 Å². The summed E-state index contributed by atoms with van der Waals surface area (Å²) in [4.78, 5) is 26.4. The lowest BCUT2D eigenvalue weighted by atomic mass is 9.88. The fourth-order valence-electron chi connectivity index (χ4n) is 3.68. The van der Waals surface area contributed by atoms with Gasteiger partial charge in [-0.2, -0.15) is 4.68 Å². The fourth-order valence-corrected chi connectivity index (χ4v) is 3.68. The second-order valence-electron chi connectivity index (χ2n) is 7.64. The van der Waals surface area contributed by atoms with Crippen molar-refractivity contribution in [2.75, 3.05) is 19.5 Å². The quantitative estimate of drug-likeness (QED) is 0.467. The highest BCUT2D eigenvalue weighted by Crippen LogP contribution is 2.37. The number of hydrogen-bond acceptors (Lipinski definition) is 8. The van der Waals surface area contributed by atoms with E-state index in [2.05, 4.69) is 34.7 Å². The van der Waals surface area contributed by atoms with E-state index in [-0.39, 0.29) is 23.0 Å². The van der Waals surface area contributed by atoms with Crippen LogP contribution in [-0.4, -0.2) is 46.2 Å². The third-order valence-corrected chi connectivity index (χ3v) is 5.40. The molecule has 0 spiro atoms. The lowest BCUT2D eigenvalue weighted by Gasteiger charge is -2.28. The van der Waals surface area contributed by atoms with Crippen molar-refractivity contribution in [3.8, 4) is 5.75 Å². The zero-order chi connectivity index (χ0) is 22.8. The highest BCUT2D eigenvalue weighted by atomic mass is 16.5. The van der Waals surface area contributed by atoms with E-state index in [1.165, 1.54) is 18.9 Å². The zero-order valence-electron chi connectivity index (χ0n) is 18.2. The van der Waals surface area contributed by atoms with Crippen molar-refractivity contribution in [1.82, 2.24) is 20.2 Å². The first-order chi connectivity index (χ1) is 15.4. The number of carbonyl (C=O) groups excluding carboxylic acids is 2. The number of anilines is 1. The normalized spacial score (nSPS) is 15.2. The molecule has 9 heteroatoms. The summed E-state index contributed by atoms with van der Waals surface area (Å²) in [6.07, 6.45) is 0. The minimum absolute atomic E-state index is 0.000515. The summed E-state index contributed by atoms with van der Waals surface area (Å²) in [7, 11) is 2.78. The number of benzene rings is 2. The standard InChI is InChI=1S/C23H23N5O4/c1-13(2)14-8-10-15(11-9-14)20-18(21(29)16-6-5-7-17(12-16)31-3)19(22(30)32-4)24-23-25-26-27-28(20)23/h5-13,20H,1-4H3,(H,24,25,27)/t20-/m1/s1. The minimum atomic E-state index is -0.727. The molecule has 1 aliphatic heterocycles. The van der Waals surface area contributed by atoms with Crippen LogP contribution < -0.4 is 10.1 Å². The topological polar surface area (TPSA) is 108 Å². The van der Waals surface area contributed by atoms with Crippen molar-refractivity contribution in [3.63, 3.8) is 0 Å². The SMILES string of the molecule is COC(=O)C1=C(C(=O)c2cccc(OC)c2)[C@@H](c2ccc(C(C)C)cc2)n2nnnc2N1. The zero-order valence-corrected chi connectivity index (χ0v) is 18.2. The lowest BCUT2D eigenvalue weighted by Crippen LogP contribution is -2.33. The highest BCUT2D eigenvalue weighted by molar-refractivity contribution is 6.15. The van der Waals surface area contributed by atoms with Gasteiger partial charge in [-0.3, -0.25) is 4.79 Å². The second-order valence-corrected chi connectivity index (χ2v) is 7.64. The van der Waals surface area contributed by atoms with Crippen LogP contribution in [0.3, 0.4) is 0 Å². The number of methoxy groups -OCH3 is 2. The average molecular weight is 433 g/mol. The molecular formula is C23H23N5O4. The summed E-state index contributed by atoms with van der Waals surface area (Å²) in [6.45, 7) is 4.21. The number of Topliss-reactive ketones (excluding diaryl/α,β-unsaturated/α-hetero) is 1. The average Bonchev–Trinajstić information content (AvgIpc) is 3.30. The number of allylic oxidation sites excluding steroid dienone is 1. The van der Waals surface area contributed by atoms with Crippen molar-refractivity contribution < 1.29 is 19.1 Å². The molecule has 0 saturated heterocycles. The number of nitrogens with one attached hydrogen (secondary N) is 1. The molecule has 0 radical (unpaired) electrons. The molecule has 0 bridgehead atoms. The first-order valence-electron chi connectivity index (χ1n) is 10.1. The summed E-state index contributed by atoms with van der Waals surface area (Å²) in [6, 6.07) is 13.9. The number of hydrogen-bond donors (Lipinski definition) is 1. The van der Waals surface area contributed by atoms with Gasteiger partial charge in [-0.05, 0) is 39.6 Å². The van der Waals surface area contributed by atoms with E-state index in [1.807, 2.05) is 24.3 Å². The third-order valence-electron chi connectivity index (χ3n) is 5.40. The second kappa shape index (κ2) is 8.62. The van der Waals surface area contributed by atoms with E-state index in [9.17, 15) is 9.59 Å². The van der Waals surface area contributed by atoms with Crippen LogP contribution in [0.4, 0.5) is 5.95 Å². The molecule has 0 fully saturated rings. The molecule has 0 unspecified atom stereocenters. The van der Waals surface area contributed by atoms with Crippen LogP contribution in [0, 0.1) is 0 Å². The number of aromatic nitrogens is 4. The Morgan fingerprint density at radius 1 is 1.09 bits per heavy atom. The molecule has 2 aromatic carbocycles. The molecule has 9 nitrogen and oxygen atoms in total. The number of rotatable bonds is 6. The predicted molar refractivity (Wildman–Crippen MR) is 116 cm³/mol. The van der Waals surface area contributed by atoms with Gasteiger partial charge in [0.05, 0.1) is 19.8 Å². The number of esters is 1. The summed E-state index contributed by atoms with van der Waals surface area (Å²) >= 11 is 0. The van der Waals surface area contributed by atoms with Crippen LogP contribution in [0.1, 0.15) is 47.3 Å². The van der Waals surface area contributed by atoms with Gasteiger partial charge < -0.3 is 14.8 Å².